The first-order valence-electron chi connectivity index (χ1n) is 6.05. The van der Waals surface area contributed by atoms with E-state index in [0.717, 1.165) is 0 Å². The number of rotatable bonds is 5. The van der Waals surface area contributed by atoms with E-state index in [9.17, 15) is 18.0 Å². The predicted octanol–water partition coefficient (Wildman–Crippen LogP) is 3.15. The van der Waals surface area contributed by atoms with Crippen molar-refractivity contribution in [3.63, 3.8) is 0 Å². The van der Waals surface area contributed by atoms with Gasteiger partial charge in [0.25, 0.3) is 5.91 Å². The first-order valence-corrected chi connectivity index (χ1v) is 6.05. The molecule has 1 aromatic heterocycles. The van der Waals surface area contributed by atoms with Gasteiger partial charge in [0, 0.05) is 0 Å². The summed E-state index contributed by atoms with van der Waals surface area (Å²) in [5, 5.41) is 1.73. The largest absolute Gasteiger partial charge is 0.486 e. The summed E-state index contributed by atoms with van der Waals surface area (Å²) >= 11 is 0. The van der Waals surface area contributed by atoms with Gasteiger partial charge in [-0.3, -0.25) is 4.79 Å². The highest BCUT2D eigenvalue weighted by atomic mass is 19.4. The van der Waals surface area contributed by atoms with E-state index < -0.39 is 18.6 Å². The summed E-state index contributed by atoms with van der Waals surface area (Å²) in [6.07, 6.45) is -4.46. The van der Waals surface area contributed by atoms with E-state index in [1.165, 1.54) is 12.1 Å². The highest BCUT2D eigenvalue weighted by molar-refractivity contribution is 5.91. The molecule has 1 heterocycles. The third-order valence-electron chi connectivity index (χ3n) is 2.46. The van der Waals surface area contributed by atoms with Gasteiger partial charge in [-0.25, -0.2) is 0 Å². The SMILES string of the molecule is O=C(NCC(F)(F)F)c1ccc(COc2ccccc2)o1. The minimum Gasteiger partial charge on any atom is -0.486 e. The summed E-state index contributed by atoms with van der Waals surface area (Å²) in [4.78, 5) is 11.4. The maximum absolute atomic E-state index is 12.0. The van der Waals surface area contributed by atoms with Crippen LogP contribution in [0.5, 0.6) is 5.75 Å². The van der Waals surface area contributed by atoms with Crippen molar-refractivity contribution in [3.05, 3.63) is 54.0 Å². The number of carbonyl (C=O) groups is 1. The lowest BCUT2D eigenvalue weighted by Gasteiger charge is -2.06. The third-order valence-corrected chi connectivity index (χ3v) is 2.46. The fourth-order valence-electron chi connectivity index (χ4n) is 1.52. The minimum absolute atomic E-state index is 0.0799. The van der Waals surface area contributed by atoms with Gasteiger partial charge < -0.3 is 14.5 Å². The number of ether oxygens (including phenoxy) is 1. The van der Waals surface area contributed by atoms with E-state index >= 15 is 0 Å². The maximum atomic E-state index is 12.0. The zero-order valence-electron chi connectivity index (χ0n) is 10.8. The van der Waals surface area contributed by atoms with E-state index in [-0.39, 0.29) is 12.4 Å². The van der Waals surface area contributed by atoms with Gasteiger partial charge in [0.15, 0.2) is 5.76 Å². The van der Waals surface area contributed by atoms with Crippen molar-refractivity contribution in [2.45, 2.75) is 12.8 Å². The van der Waals surface area contributed by atoms with Crippen molar-refractivity contribution >= 4 is 5.91 Å². The Morgan fingerprint density at radius 2 is 1.86 bits per heavy atom. The molecule has 0 unspecified atom stereocenters. The summed E-state index contributed by atoms with van der Waals surface area (Å²) in [7, 11) is 0. The monoisotopic (exact) mass is 299 g/mol. The van der Waals surface area contributed by atoms with Crippen LogP contribution in [0, 0.1) is 0 Å². The van der Waals surface area contributed by atoms with E-state index in [2.05, 4.69) is 0 Å². The summed E-state index contributed by atoms with van der Waals surface area (Å²) in [6.45, 7) is -1.32. The first kappa shape index (κ1) is 15.0. The molecule has 0 radical (unpaired) electrons. The van der Waals surface area contributed by atoms with E-state index in [0.29, 0.717) is 11.5 Å². The van der Waals surface area contributed by atoms with Crippen LogP contribution in [-0.4, -0.2) is 18.6 Å². The number of halogens is 3. The summed E-state index contributed by atoms with van der Waals surface area (Å²) in [5.74, 6) is -0.141. The van der Waals surface area contributed by atoms with Crippen LogP contribution < -0.4 is 10.1 Å². The quantitative estimate of drug-likeness (QED) is 0.922. The Labute approximate surface area is 118 Å². The molecule has 2 aromatic rings. The number of carbonyl (C=O) groups excluding carboxylic acids is 1. The molecular formula is C14H12F3NO3. The predicted molar refractivity (Wildman–Crippen MR) is 67.9 cm³/mol. The van der Waals surface area contributed by atoms with Gasteiger partial charge in [-0.2, -0.15) is 13.2 Å². The average molecular weight is 299 g/mol. The molecule has 7 heteroatoms. The normalized spacial score (nSPS) is 11.2. The van der Waals surface area contributed by atoms with E-state index in [4.69, 9.17) is 9.15 Å². The Morgan fingerprint density at radius 3 is 2.52 bits per heavy atom. The zero-order chi connectivity index (χ0) is 15.3. The first-order chi connectivity index (χ1) is 9.94. The number of amides is 1. The Bertz CT molecular complexity index is 593. The second-order valence-electron chi connectivity index (χ2n) is 4.17. The Morgan fingerprint density at radius 1 is 1.14 bits per heavy atom. The number of alkyl halides is 3. The molecule has 112 valence electrons. The van der Waals surface area contributed by atoms with Gasteiger partial charge in [0.1, 0.15) is 24.7 Å². The molecule has 4 nitrogen and oxygen atoms in total. The van der Waals surface area contributed by atoms with Crippen LogP contribution in [0.1, 0.15) is 16.3 Å². The zero-order valence-corrected chi connectivity index (χ0v) is 10.8. The van der Waals surface area contributed by atoms with Crippen molar-refractivity contribution in [1.82, 2.24) is 5.32 Å². The minimum atomic E-state index is -4.46. The van der Waals surface area contributed by atoms with Crippen molar-refractivity contribution in [1.29, 1.82) is 0 Å². The van der Waals surface area contributed by atoms with Gasteiger partial charge >= 0.3 is 6.18 Å². The van der Waals surface area contributed by atoms with Crippen LogP contribution in [0.2, 0.25) is 0 Å². The second kappa shape index (κ2) is 6.34. The number of para-hydroxylation sites is 1. The molecule has 0 atom stereocenters. The second-order valence-corrected chi connectivity index (χ2v) is 4.17. The molecule has 0 aliphatic heterocycles. The molecule has 1 amide bonds. The average Bonchev–Trinajstić information content (AvgIpc) is 2.92. The smallest absolute Gasteiger partial charge is 0.405 e. The number of hydrogen-bond donors (Lipinski definition) is 1. The van der Waals surface area contributed by atoms with Crippen LogP contribution in [0.3, 0.4) is 0 Å². The fourth-order valence-corrected chi connectivity index (χ4v) is 1.52. The molecule has 0 spiro atoms. The molecule has 1 aromatic carbocycles. The Kier molecular flexibility index (Phi) is 4.52. The molecular weight excluding hydrogens is 287 g/mol. The van der Waals surface area contributed by atoms with Crippen LogP contribution in [0.15, 0.2) is 46.9 Å². The number of furan rings is 1. The van der Waals surface area contributed by atoms with Gasteiger partial charge in [-0.15, -0.1) is 0 Å². The van der Waals surface area contributed by atoms with Gasteiger partial charge in [0.05, 0.1) is 0 Å². The Hall–Kier alpha value is -2.44. The van der Waals surface area contributed by atoms with Gasteiger partial charge in [-0.05, 0) is 24.3 Å². The van der Waals surface area contributed by atoms with Crippen LogP contribution in [0.25, 0.3) is 0 Å². The standard InChI is InChI=1S/C14H12F3NO3/c15-14(16,17)9-18-13(19)12-7-6-11(21-12)8-20-10-4-2-1-3-5-10/h1-7H,8-9H2,(H,18,19). The Balaban J connectivity index is 1.88. The van der Waals surface area contributed by atoms with E-state index in [1.807, 2.05) is 6.07 Å². The molecule has 1 N–H and O–H groups in total. The molecule has 2 rings (SSSR count). The lowest BCUT2D eigenvalue weighted by Crippen LogP contribution is -2.33. The molecule has 0 saturated heterocycles. The van der Waals surface area contributed by atoms with Gasteiger partial charge in [-0.1, -0.05) is 18.2 Å². The van der Waals surface area contributed by atoms with Crippen LogP contribution in [0.4, 0.5) is 13.2 Å². The van der Waals surface area contributed by atoms with Crippen LogP contribution in [-0.2, 0) is 6.61 Å². The fraction of sp³-hybridized carbons (Fsp3) is 0.214. The van der Waals surface area contributed by atoms with E-state index in [1.54, 1.807) is 29.6 Å². The van der Waals surface area contributed by atoms with Crippen molar-refractivity contribution < 1.29 is 27.1 Å². The molecule has 0 saturated carbocycles. The summed E-state index contributed by atoms with van der Waals surface area (Å²) in [5.41, 5.74) is 0. The van der Waals surface area contributed by atoms with Crippen molar-refractivity contribution in [2.75, 3.05) is 6.54 Å². The lowest BCUT2D eigenvalue weighted by molar-refractivity contribution is -0.123. The summed E-state index contributed by atoms with van der Waals surface area (Å²) in [6, 6.07) is 11.7. The van der Waals surface area contributed by atoms with Gasteiger partial charge in [0.2, 0.25) is 0 Å². The molecule has 0 fully saturated rings. The number of benzene rings is 1. The molecule has 0 aliphatic rings. The molecule has 21 heavy (non-hydrogen) atoms. The highest BCUT2D eigenvalue weighted by Crippen LogP contribution is 2.15. The summed E-state index contributed by atoms with van der Waals surface area (Å²) < 4.78 is 46.5. The van der Waals surface area contributed by atoms with Crippen molar-refractivity contribution in [2.24, 2.45) is 0 Å². The topological polar surface area (TPSA) is 51.5 Å². The lowest BCUT2D eigenvalue weighted by atomic mass is 10.3. The third kappa shape index (κ3) is 4.87. The highest BCUT2D eigenvalue weighted by Gasteiger charge is 2.28. The number of nitrogens with one attached hydrogen (secondary N) is 1. The maximum Gasteiger partial charge on any atom is 0.405 e. The molecule has 0 bridgehead atoms. The van der Waals surface area contributed by atoms with Crippen molar-refractivity contribution in [3.8, 4) is 5.75 Å². The number of hydrogen-bond acceptors (Lipinski definition) is 3. The van der Waals surface area contributed by atoms with Crippen LogP contribution >= 0.6 is 0 Å². The molecule has 0 aliphatic carbocycles.